The molecule has 2 aromatic rings. The van der Waals surface area contributed by atoms with Crippen LogP contribution in [0.1, 0.15) is 24.5 Å². The molecule has 0 bridgehead atoms. The van der Waals surface area contributed by atoms with Gasteiger partial charge in [-0.15, -0.1) is 0 Å². The van der Waals surface area contributed by atoms with Crippen molar-refractivity contribution in [2.24, 2.45) is 0 Å². The number of hydrogen-bond acceptors (Lipinski definition) is 3. The molecule has 0 fully saturated rings. The molecular formula is C21H20ClFN2O2. The van der Waals surface area contributed by atoms with Crippen LogP contribution in [0.4, 0.5) is 10.1 Å². The summed E-state index contributed by atoms with van der Waals surface area (Å²) in [5.74, 6) is -0.148. The van der Waals surface area contributed by atoms with Crippen molar-refractivity contribution in [3.8, 4) is 5.75 Å². The fourth-order valence-electron chi connectivity index (χ4n) is 3.42. The highest BCUT2D eigenvalue weighted by atomic mass is 35.5. The van der Waals surface area contributed by atoms with Gasteiger partial charge in [-0.05, 0) is 42.7 Å². The van der Waals surface area contributed by atoms with Crippen LogP contribution in [0.25, 0.3) is 5.57 Å². The number of hydrogen-bond donors (Lipinski definition) is 1. The van der Waals surface area contributed by atoms with Crippen molar-refractivity contribution in [3.05, 3.63) is 64.4 Å². The summed E-state index contributed by atoms with van der Waals surface area (Å²) in [4.78, 5) is 14.0. The lowest BCUT2D eigenvalue weighted by atomic mass is 9.99. The first-order valence-corrected chi connectivity index (χ1v) is 9.34. The van der Waals surface area contributed by atoms with Crippen LogP contribution >= 0.6 is 11.6 Å². The highest BCUT2D eigenvalue weighted by Crippen LogP contribution is 2.33. The molecule has 6 heteroatoms. The first kappa shape index (κ1) is 18.0. The van der Waals surface area contributed by atoms with Gasteiger partial charge in [-0.2, -0.15) is 0 Å². The SMILES string of the molecule is CC1Oc2cc(F)c(CN3CC=C(c4ccc(Cl)cc4)CC3)cc2NC1=O. The van der Waals surface area contributed by atoms with E-state index in [2.05, 4.69) is 16.3 Å². The van der Waals surface area contributed by atoms with Crippen LogP contribution in [-0.4, -0.2) is 30.0 Å². The number of halogens is 2. The summed E-state index contributed by atoms with van der Waals surface area (Å²) < 4.78 is 19.9. The molecule has 4 nitrogen and oxygen atoms in total. The molecule has 1 atom stereocenters. The van der Waals surface area contributed by atoms with E-state index in [9.17, 15) is 9.18 Å². The van der Waals surface area contributed by atoms with Crippen LogP contribution in [0.15, 0.2) is 42.5 Å². The minimum Gasteiger partial charge on any atom is -0.479 e. The minimum absolute atomic E-state index is 0.214. The first-order valence-electron chi connectivity index (χ1n) is 8.97. The molecule has 0 aromatic heterocycles. The fourth-order valence-corrected chi connectivity index (χ4v) is 3.54. The maximum atomic E-state index is 14.5. The summed E-state index contributed by atoms with van der Waals surface area (Å²) in [5, 5.41) is 3.50. The van der Waals surface area contributed by atoms with E-state index in [0.29, 0.717) is 23.5 Å². The number of anilines is 1. The lowest BCUT2D eigenvalue weighted by Gasteiger charge is -2.28. The summed E-state index contributed by atoms with van der Waals surface area (Å²) in [5.41, 5.74) is 3.54. The minimum atomic E-state index is -0.610. The van der Waals surface area contributed by atoms with Crippen LogP contribution in [0.2, 0.25) is 5.02 Å². The van der Waals surface area contributed by atoms with E-state index in [0.717, 1.165) is 24.5 Å². The third kappa shape index (κ3) is 3.84. The Bertz CT molecular complexity index is 911. The van der Waals surface area contributed by atoms with Gasteiger partial charge in [0.2, 0.25) is 0 Å². The van der Waals surface area contributed by atoms with Gasteiger partial charge >= 0.3 is 0 Å². The number of carbonyl (C=O) groups excluding carboxylic acids is 1. The average Bonchev–Trinajstić information content (AvgIpc) is 2.65. The predicted molar refractivity (Wildman–Crippen MR) is 104 cm³/mol. The Hall–Kier alpha value is -2.37. The molecule has 2 heterocycles. The Kier molecular flexibility index (Phi) is 4.89. The van der Waals surface area contributed by atoms with Crippen LogP contribution in [0, 0.1) is 5.82 Å². The van der Waals surface area contributed by atoms with E-state index in [1.165, 1.54) is 17.2 Å². The normalized spacial score (nSPS) is 19.7. The van der Waals surface area contributed by atoms with E-state index in [1.54, 1.807) is 13.0 Å². The molecule has 0 saturated heterocycles. The molecule has 0 radical (unpaired) electrons. The standard InChI is InChI=1S/C21H20ClFN2O2/c1-13-21(26)24-19-10-16(18(23)11-20(19)27-13)12-25-8-6-15(7-9-25)14-2-4-17(22)5-3-14/h2-6,10-11,13H,7-9,12H2,1H3,(H,24,26). The lowest BCUT2D eigenvalue weighted by Crippen LogP contribution is -2.34. The molecule has 2 aliphatic heterocycles. The second-order valence-electron chi connectivity index (χ2n) is 6.91. The number of ether oxygens (including phenoxy) is 1. The quantitative estimate of drug-likeness (QED) is 0.845. The van der Waals surface area contributed by atoms with Gasteiger partial charge in [0, 0.05) is 36.3 Å². The fraction of sp³-hybridized carbons (Fsp3) is 0.286. The largest absolute Gasteiger partial charge is 0.479 e. The maximum Gasteiger partial charge on any atom is 0.265 e. The monoisotopic (exact) mass is 386 g/mol. The van der Waals surface area contributed by atoms with Crippen molar-refractivity contribution in [1.82, 2.24) is 4.90 Å². The number of amides is 1. The van der Waals surface area contributed by atoms with Crippen molar-refractivity contribution in [1.29, 1.82) is 0 Å². The molecule has 1 amide bonds. The van der Waals surface area contributed by atoms with Crippen molar-refractivity contribution >= 4 is 28.8 Å². The number of rotatable bonds is 3. The molecule has 0 spiro atoms. The summed E-state index contributed by atoms with van der Waals surface area (Å²) in [6.45, 7) is 3.70. The zero-order valence-corrected chi connectivity index (χ0v) is 15.7. The van der Waals surface area contributed by atoms with Crippen molar-refractivity contribution < 1.29 is 13.9 Å². The van der Waals surface area contributed by atoms with Gasteiger partial charge in [-0.3, -0.25) is 9.69 Å². The molecule has 2 aliphatic rings. The number of carbonyl (C=O) groups is 1. The summed E-state index contributed by atoms with van der Waals surface area (Å²) in [7, 11) is 0. The van der Waals surface area contributed by atoms with E-state index in [-0.39, 0.29) is 11.7 Å². The predicted octanol–water partition coefficient (Wildman–Crippen LogP) is 4.49. The Morgan fingerprint density at radius 1 is 1.30 bits per heavy atom. The van der Waals surface area contributed by atoms with E-state index in [4.69, 9.17) is 16.3 Å². The summed E-state index contributed by atoms with van der Waals surface area (Å²) >= 11 is 5.95. The van der Waals surface area contributed by atoms with Gasteiger partial charge in [0.05, 0.1) is 5.69 Å². The second-order valence-corrected chi connectivity index (χ2v) is 7.35. The van der Waals surface area contributed by atoms with Gasteiger partial charge < -0.3 is 10.1 Å². The van der Waals surface area contributed by atoms with Crippen molar-refractivity contribution in [2.75, 3.05) is 18.4 Å². The molecule has 27 heavy (non-hydrogen) atoms. The molecule has 2 aromatic carbocycles. The van der Waals surface area contributed by atoms with Crippen LogP contribution in [0.3, 0.4) is 0 Å². The third-order valence-corrected chi connectivity index (χ3v) is 5.23. The smallest absolute Gasteiger partial charge is 0.265 e. The molecule has 0 aliphatic carbocycles. The molecule has 1 unspecified atom stereocenters. The van der Waals surface area contributed by atoms with E-state index >= 15 is 0 Å². The van der Waals surface area contributed by atoms with E-state index < -0.39 is 6.10 Å². The number of nitrogens with one attached hydrogen (secondary N) is 1. The Morgan fingerprint density at radius 2 is 2.07 bits per heavy atom. The first-order chi connectivity index (χ1) is 13.0. The van der Waals surface area contributed by atoms with Gasteiger partial charge in [0.15, 0.2) is 6.10 Å². The molecule has 4 rings (SSSR count). The summed E-state index contributed by atoms with van der Waals surface area (Å²) in [6, 6.07) is 10.9. The van der Waals surface area contributed by atoms with Gasteiger partial charge in [0.25, 0.3) is 5.91 Å². The highest BCUT2D eigenvalue weighted by molar-refractivity contribution is 6.30. The van der Waals surface area contributed by atoms with Crippen LogP contribution in [-0.2, 0) is 11.3 Å². The molecular weight excluding hydrogens is 367 g/mol. The van der Waals surface area contributed by atoms with Crippen LogP contribution in [0.5, 0.6) is 5.75 Å². The van der Waals surface area contributed by atoms with Crippen molar-refractivity contribution in [2.45, 2.75) is 26.0 Å². The number of fused-ring (bicyclic) bond motifs is 1. The topological polar surface area (TPSA) is 41.6 Å². The van der Waals surface area contributed by atoms with E-state index in [1.807, 2.05) is 24.3 Å². The van der Waals surface area contributed by atoms with Gasteiger partial charge in [0.1, 0.15) is 11.6 Å². The zero-order chi connectivity index (χ0) is 19.0. The third-order valence-electron chi connectivity index (χ3n) is 4.98. The van der Waals surface area contributed by atoms with Crippen LogP contribution < -0.4 is 10.1 Å². The van der Waals surface area contributed by atoms with Crippen molar-refractivity contribution in [3.63, 3.8) is 0 Å². The summed E-state index contributed by atoms with van der Waals surface area (Å²) in [6.07, 6.45) is 2.46. The highest BCUT2D eigenvalue weighted by Gasteiger charge is 2.25. The number of benzene rings is 2. The zero-order valence-electron chi connectivity index (χ0n) is 15.0. The molecule has 0 saturated carbocycles. The molecule has 1 N–H and O–H groups in total. The lowest BCUT2D eigenvalue weighted by molar-refractivity contribution is -0.122. The maximum absolute atomic E-state index is 14.5. The second kappa shape index (κ2) is 7.33. The Morgan fingerprint density at radius 3 is 2.78 bits per heavy atom. The Balaban J connectivity index is 1.47. The Labute approximate surface area is 162 Å². The average molecular weight is 387 g/mol. The number of nitrogens with zero attached hydrogens (tertiary/aromatic N) is 1. The molecule has 140 valence electrons. The van der Waals surface area contributed by atoms with Gasteiger partial charge in [-0.25, -0.2) is 4.39 Å². The van der Waals surface area contributed by atoms with Gasteiger partial charge in [-0.1, -0.05) is 29.8 Å².